The summed E-state index contributed by atoms with van der Waals surface area (Å²) in [7, 11) is -15.8. The van der Waals surface area contributed by atoms with Gasteiger partial charge in [0.1, 0.15) is 6.10 Å². The molecule has 12 N–H and O–H groups in total. The van der Waals surface area contributed by atoms with Crippen molar-refractivity contribution < 1.29 is 51.5 Å². The maximum absolute atomic E-state index is 10.1. The zero-order valence-corrected chi connectivity index (χ0v) is 13.6. The molecule has 15 nitrogen and oxygen atoms in total. The van der Waals surface area contributed by atoms with Gasteiger partial charge in [-0.15, -0.1) is 0 Å². The average molecular weight is 383 g/mol. The van der Waals surface area contributed by atoms with Crippen LogP contribution in [0.25, 0.3) is 0 Å². The topological polar surface area (TPSA) is 309 Å². The van der Waals surface area contributed by atoms with Crippen LogP contribution in [0.3, 0.4) is 0 Å². The molecule has 0 radical (unpaired) electrons. The summed E-state index contributed by atoms with van der Waals surface area (Å²) >= 11 is 0. The van der Waals surface area contributed by atoms with Crippen LogP contribution in [0.2, 0.25) is 0 Å². The highest BCUT2D eigenvalue weighted by molar-refractivity contribution is 7.81. The molecule has 134 valence electrons. The Morgan fingerprint density at radius 2 is 0.952 bits per heavy atom. The van der Waals surface area contributed by atoms with E-state index in [1.807, 2.05) is 0 Å². The van der Waals surface area contributed by atoms with E-state index in [2.05, 4.69) is 12.5 Å². The molecule has 0 bridgehead atoms. The molecular weight excluding hydrogens is 366 g/mol. The maximum atomic E-state index is 10.1. The van der Waals surface area contributed by atoms with E-state index in [1.54, 1.807) is 0 Å². The van der Waals surface area contributed by atoms with Crippen LogP contribution in [0.1, 0.15) is 0 Å². The summed E-state index contributed by atoms with van der Waals surface area (Å²) in [6.45, 7) is -2.66. The Morgan fingerprint density at radius 1 is 0.667 bits per heavy atom. The Morgan fingerprint density at radius 3 is 1.14 bits per heavy atom. The number of hydrogen-bond acceptors (Lipinski definition) is 12. The lowest BCUT2D eigenvalue weighted by molar-refractivity contribution is 0.0687. The lowest BCUT2D eigenvalue weighted by Gasteiger charge is -2.20. The van der Waals surface area contributed by atoms with Crippen LogP contribution in [0, 0.1) is 0 Å². The highest BCUT2D eigenvalue weighted by Gasteiger charge is 2.17. The molecule has 18 heteroatoms. The van der Waals surface area contributed by atoms with Crippen LogP contribution in [-0.2, 0) is 43.7 Å². The van der Waals surface area contributed by atoms with E-state index >= 15 is 0 Å². The SMILES string of the molecule is O=S(=O)([O-])OCC(COS(=O)(=O)[O-])OS(=O)(=O)[O-].[NH4+].[NH4+].[NH4+]. The van der Waals surface area contributed by atoms with Crippen LogP contribution in [0.15, 0.2) is 0 Å². The van der Waals surface area contributed by atoms with Crippen molar-refractivity contribution in [3.63, 3.8) is 0 Å². The normalized spacial score (nSPS) is 12.0. The van der Waals surface area contributed by atoms with Crippen molar-refractivity contribution in [3.8, 4) is 0 Å². The molecular formula is C3H17N3O12S3. The number of rotatable bonds is 8. The predicted octanol–water partition coefficient (Wildman–Crippen LogP) is -2.09. The minimum Gasteiger partial charge on any atom is -0.726 e. The average Bonchev–Trinajstić information content (AvgIpc) is 2.05. The van der Waals surface area contributed by atoms with Gasteiger partial charge in [-0.3, -0.25) is 12.5 Å². The molecule has 21 heavy (non-hydrogen) atoms. The Kier molecular flexibility index (Phi) is 14.0. The van der Waals surface area contributed by atoms with Crippen LogP contribution in [-0.4, -0.2) is 58.2 Å². The lowest BCUT2D eigenvalue weighted by atomic mass is 10.4. The molecule has 0 rings (SSSR count). The van der Waals surface area contributed by atoms with Crippen molar-refractivity contribution in [1.82, 2.24) is 18.5 Å². The number of quaternary nitrogens is 3. The molecule has 0 unspecified atom stereocenters. The van der Waals surface area contributed by atoms with Crippen LogP contribution in [0.5, 0.6) is 0 Å². The summed E-state index contributed by atoms with van der Waals surface area (Å²) in [5.41, 5.74) is 0. The molecule has 0 spiro atoms. The van der Waals surface area contributed by atoms with E-state index in [4.69, 9.17) is 0 Å². The Balaban J connectivity index is -0.000000482. The monoisotopic (exact) mass is 383 g/mol. The van der Waals surface area contributed by atoms with Gasteiger partial charge in [0.05, 0.1) is 13.2 Å². The van der Waals surface area contributed by atoms with Crippen molar-refractivity contribution in [2.75, 3.05) is 13.2 Å². The van der Waals surface area contributed by atoms with Crippen LogP contribution < -0.4 is 18.5 Å². The first kappa shape index (κ1) is 28.6. The van der Waals surface area contributed by atoms with Gasteiger partial charge in [0, 0.05) is 0 Å². The highest BCUT2D eigenvalue weighted by Crippen LogP contribution is 2.03. The third kappa shape index (κ3) is 21.9. The molecule has 0 heterocycles. The highest BCUT2D eigenvalue weighted by atomic mass is 32.3. The van der Waals surface area contributed by atoms with E-state index < -0.39 is 50.5 Å². The summed E-state index contributed by atoms with van der Waals surface area (Å²) in [5.74, 6) is 0. The summed E-state index contributed by atoms with van der Waals surface area (Å²) in [4.78, 5) is 0. The predicted molar refractivity (Wildman–Crippen MR) is 63.8 cm³/mol. The van der Waals surface area contributed by atoms with Gasteiger partial charge >= 0.3 is 0 Å². The van der Waals surface area contributed by atoms with Crippen molar-refractivity contribution in [3.05, 3.63) is 0 Å². The first-order chi connectivity index (χ1) is 7.79. The summed E-state index contributed by atoms with van der Waals surface area (Å²) < 4.78 is 101. The second-order valence-electron chi connectivity index (χ2n) is 2.51. The van der Waals surface area contributed by atoms with Gasteiger partial charge in [0.2, 0.25) is 31.2 Å². The van der Waals surface area contributed by atoms with E-state index in [0.717, 1.165) is 0 Å². The van der Waals surface area contributed by atoms with E-state index in [0.29, 0.717) is 0 Å². The molecule has 0 fully saturated rings. The molecule has 0 aromatic rings. The minimum atomic E-state index is -5.36. The van der Waals surface area contributed by atoms with E-state index in [1.165, 1.54) is 0 Å². The zero-order valence-electron chi connectivity index (χ0n) is 11.1. The molecule has 0 saturated carbocycles. The third-order valence-corrected chi connectivity index (χ3v) is 2.41. The molecule has 0 aliphatic heterocycles. The number of hydrogen-bond donors (Lipinski definition) is 3. The van der Waals surface area contributed by atoms with Gasteiger partial charge in [-0.1, -0.05) is 0 Å². The van der Waals surface area contributed by atoms with E-state index in [-0.39, 0.29) is 18.5 Å². The smallest absolute Gasteiger partial charge is 0.218 e. The Labute approximate surface area is 121 Å². The van der Waals surface area contributed by atoms with Gasteiger partial charge in [-0.25, -0.2) is 25.3 Å². The lowest BCUT2D eigenvalue weighted by Crippen LogP contribution is -2.30. The molecule has 0 saturated heterocycles. The van der Waals surface area contributed by atoms with Crippen molar-refractivity contribution in [2.24, 2.45) is 0 Å². The standard InChI is InChI=1S/C3H8O12S3.3H3N/c4-16(5,6)13-1-3(15-18(10,11)12)2-14-17(7,8)9;;;/h3H,1-2H2,(H,4,5,6)(H,7,8,9)(H,10,11,12);3*1H3. The fourth-order valence-electron chi connectivity index (χ4n) is 0.589. The van der Waals surface area contributed by atoms with E-state index in [9.17, 15) is 38.9 Å². The first-order valence-electron chi connectivity index (χ1n) is 3.63. The second kappa shape index (κ2) is 10.3. The second-order valence-corrected chi connectivity index (χ2v) is 5.63. The summed E-state index contributed by atoms with van der Waals surface area (Å²) in [6, 6.07) is 0. The van der Waals surface area contributed by atoms with Gasteiger partial charge in [-0.2, -0.15) is 0 Å². The molecule has 0 amide bonds. The largest absolute Gasteiger partial charge is 0.726 e. The summed E-state index contributed by atoms with van der Waals surface area (Å²) in [6.07, 6.45) is -2.10. The molecule has 0 aliphatic rings. The zero-order chi connectivity index (χ0) is 14.6. The van der Waals surface area contributed by atoms with Crippen molar-refractivity contribution in [1.29, 1.82) is 0 Å². The first-order valence-corrected chi connectivity index (χ1v) is 7.63. The van der Waals surface area contributed by atoms with Gasteiger partial charge < -0.3 is 32.1 Å². The fraction of sp³-hybridized carbons (Fsp3) is 1.00. The van der Waals surface area contributed by atoms with Crippen LogP contribution >= 0.6 is 0 Å². The van der Waals surface area contributed by atoms with Gasteiger partial charge in [0.25, 0.3) is 0 Å². The third-order valence-electron chi connectivity index (χ3n) is 1.05. The maximum Gasteiger partial charge on any atom is 0.218 e. The van der Waals surface area contributed by atoms with Gasteiger partial charge in [-0.05, 0) is 0 Å². The summed E-state index contributed by atoms with van der Waals surface area (Å²) in [5, 5.41) is 0. The Bertz CT molecular complexity index is 528. The Hall–Kier alpha value is -0.510. The molecule has 0 aromatic heterocycles. The van der Waals surface area contributed by atoms with Gasteiger partial charge in [0.15, 0.2) is 0 Å². The molecule has 0 aliphatic carbocycles. The minimum absolute atomic E-state index is 0. The van der Waals surface area contributed by atoms with Crippen molar-refractivity contribution in [2.45, 2.75) is 6.10 Å². The molecule has 0 aromatic carbocycles. The molecule has 0 atom stereocenters. The van der Waals surface area contributed by atoms with Crippen LogP contribution in [0.4, 0.5) is 0 Å². The van der Waals surface area contributed by atoms with Crippen molar-refractivity contribution >= 4 is 31.2 Å². The fourth-order valence-corrected chi connectivity index (χ4v) is 1.67. The quantitative estimate of drug-likeness (QED) is 0.300.